The van der Waals surface area contributed by atoms with Crippen LogP contribution in [0.3, 0.4) is 0 Å². The summed E-state index contributed by atoms with van der Waals surface area (Å²) in [7, 11) is 0. The van der Waals surface area contributed by atoms with E-state index in [1.165, 1.54) is 11.1 Å². The zero-order valence-electron chi connectivity index (χ0n) is 11.2. The van der Waals surface area contributed by atoms with Crippen molar-refractivity contribution in [3.8, 4) is 11.1 Å². The second-order valence-corrected chi connectivity index (χ2v) is 4.01. The average Bonchev–Trinajstić information content (AvgIpc) is 2.49. The summed E-state index contributed by atoms with van der Waals surface area (Å²) >= 11 is 0. The predicted molar refractivity (Wildman–Crippen MR) is 78.9 cm³/mol. The van der Waals surface area contributed by atoms with E-state index in [1.807, 2.05) is 12.1 Å². The van der Waals surface area contributed by atoms with Gasteiger partial charge in [-0.1, -0.05) is 66.7 Å². The summed E-state index contributed by atoms with van der Waals surface area (Å²) in [6, 6.07) is 20.8. The van der Waals surface area contributed by atoms with Gasteiger partial charge in [-0.3, -0.25) is 0 Å². The summed E-state index contributed by atoms with van der Waals surface area (Å²) in [5.74, 6) is -0.845. The SMILES string of the molecule is CC=C(C)C(=O)O.c1ccc(-c2ccccc2)cc1. The maximum Gasteiger partial charge on any atom is 0.330 e. The third-order valence-corrected chi connectivity index (χ3v) is 2.65. The molecule has 0 spiro atoms. The van der Waals surface area contributed by atoms with Crippen molar-refractivity contribution in [2.75, 3.05) is 0 Å². The molecule has 98 valence electrons. The molecule has 2 aromatic carbocycles. The number of hydrogen-bond acceptors (Lipinski definition) is 1. The van der Waals surface area contributed by atoms with Crippen molar-refractivity contribution in [3.05, 3.63) is 72.3 Å². The minimum absolute atomic E-state index is 0.389. The Labute approximate surface area is 114 Å². The Hall–Kier alpha value is -2.35. The Balaban J connectivity index is 0.000000224. The van der Waals surface area contributed by atoms with E-state index < -0.39 is 5.97 Å². The van der Waals surface area contributed by atoms with Crippen molar-refractivity contribution < 1.29 is 9.90 Å². The molecule has 2 heteroatoms. The van der Waals surface area contributed by atoms with Crippen LogP contribution < -0.4 is 0 Å². The molecule has 0 aliphatic rings. The number of allylic oxidation sites excluding steroid dienone is 1. The Morgan fingerprint density at radius 1 is 0.895 bits per heavy atom. The molecule has 0 unspecified atom stereocenters. The number of carboxylic acid groups (broad SMARTS) is 1. The second kappa shape index (κ2) is 7.88. The molecule has 0 amide bonds. The van der Waals surface area contributed by atoms with Gasteiger partial charge in [-0.05, 0) is 25.0 Å². The first-order chi connectivity index (χ1) is 9.15. The van der Waals surface area contributed by atoms with Crippen LogP contribution in [0.25, 0.3) is 11.1 Å². The van der Waals surface area contributed by atoms with Crippen molar-refractivity contribution in [2.45, 2.75) is 13.8 Å². The lowest BCUT2D eigenvalue weighted by atomic mass is 10.1. The fourth-order valence-corrected chi connectivity index (χ4v) is 1.38. The molecule has 0 radical (unpaired) electrons. The summed E-state index contributed by atoms with van der Waals surface area (Å²) in [6.45, 7) is 3.26. The van der Waals surface area contributed by atoms with E-state index in [0.29, 0.717) is 5.57 Å². The van der Waals surface area contributed by atoms with Crippen molar-refractivity contribution in [1.29, 1.82) is 0 Å². The van der Waals surface area contributed by atoms with Gasteiger partial charge in [0.15, 0.2) is 0 Å². The van der Waals surface area contributed by atoms with Gasteiger partial charge in [-0.15, -0.1) is 0 Å². The van der Waals surface area contributed by atoms with E-state index in [0.717, 1.165) is 0 Å². The van der Waals surface area contributed by atoms with Gasteiger partial charge in [0, 0.05) is 5.57 Å². The molecule has 19 heavy (non-hydrogen) atoms. The molecule has 0 fully saturated rings. The topological polar surface area (TPSA) is 37.3 Å². The van der Waals surface area contributed by atoms with Gasteiger partial charge in [0.25, 0.3) is 0 Å². The van der Waals surface area contributed by atoms with Gasteiger partial charge in [-0.2, -0.15) is 0 Å². The van der Waals surface area contributed by atoms with Crippen LogP contribution in [0.1, 0.15) is 13.8 Å². The third-order valence-electron chi connectivity index (χ3n) is 2.65. The molecule has 0 saturated carbocycles. The van der Waals surface area contributed by atoms with E-state index in [9.17, 15) is 4.79 Å². The molecule has 0 aliphatic carbocycles. The highest BCUT2D eigenvalue weighted by Crippen LogP contribution is 2.17. The fraction of sp³-hybridized carbons (Fsp3) is 0.118. The van der Waals surface area contributed by atoms with Crippen molar-refractivity contribution in [3.63, 3.8) is 0 Å². The quantitative estimate of drug-likeness (QED) is 0.807. The molecule has 2 nitrogen and oxygen atoms in total. The Bertz CT molecular complexity index is 490. The average molecular weight is 254 g/mol. The lowest BCUT2D eigenvalue weighted by Gasteiger charge is -1.98. The summed E-state index contributed by atoms with van der Waals surface area (Å²) < 4.78 is 0. The highest BCUT2D eigenvalue weighted by atomic mass is 16.4. The number of carbonyl (C=O) groups is 1. The van der Waals surface area contributed by atoms with Crippen molar-refractivity contribution >= 4 is 5.97 Å². The van der Waals surface area contributed by atoms with E-state index in [-0.39, 0.29) is 0 Å². The van der Waals surface area contributed by atoms with Gasteiger partial charge < -0.3 is 5.11 Å². The molecule has 0 saturated heterocycles. The zero-order chi connectivity index (χ0) is 14.1. The van der Waals surface area contributed by atoms with Gasteiger partial charge in [-0.25, -0.2) is 4.79 Å². The van der Waals surface area contributed by atoms with Crippen LogP contribution in [0, 0.1) is 0 Å². The van der Waals surface area contributed by atoms with E-state index in [2.05, 4.69) is 48.5 Å². The first-order valence-corrected chi connectivity index (χ1v) is 6.12. The summed E-state index contributed by atoms with van der Waals surface area (Å²) in [6.07, 6.45) is 1.56. The summed E-state index contributed by atoms with van der Waals surface area (Å²) in [4.78, 5) is 9.86. The number of rotatable bonds is 2. The molecule has 2 aromatic rings. The molecule has 0 aromatic heterocycles. The highest BCUT2D eigenvalue weighted by Gasteiger charge is 1.93. The molecule has 1 N–H and O–H groups in total. The monoisotopic (exact) mass is 254 g/mol. The lowest BCUT2D eigenvalue weighted by Crippen LogP contribution is -1.93. The molecule has 0 bridgehead atoms. The Morgan fingerprint density at radius 3 is 1.47 bits per heavy atom. The predicted octanol–water partition coefficient (Wildman–Crippen LogP) is 4.39. The molecule has 0 heterocycles. The number of hydrogen-bond donors (Lipinski definition) is 1. The third kappa shape index (κ3) is 5.21. The molecule has 0 aliphatic heterocycles. The Morgan fingerprint density at radius 2 is 1.26 bits per heavy atom. The summed E-state index contributed by atoms with van der Waals surface area (Å²) in [5, 5.41) is 8.11. The first kappa shape index (κ1) is 14.7. The van der Waals surface area contributed by atoms with Gasteiger partial charge in [0.1, 0.15) is 0 Å². The van der Waals surface area contributed by atoms with Crippen LogP contribution >= 0.6 is 0 Å². The van der Waals surface area contributed by atoms with Crippen LogP contribution in [-0.2, 0) is 4.79 Å². The van der Waals surface area contributed by atoms with Gasteiger partial charge >= 0.3 is 5.97 Å². The van der Waals surface area contributed by atoms with Crippen LogP contribution in [-0.4, -0.2) is 11.1 Å². The molecule has 0 atom stereocenters. The van der Waals surface area contributed by atoms with Crippen molar-refractivity contribution in [1.82, 2.24) is 0 Å². The maximum atomic E-state index is 9.86. The molecule has 2 rings (SSSR count). The van der Waals surface area contributed by atoms with Crippen LogP contribution in [0.5, 0.6) is 0 Å². The molecular weight excluding hydrogens is 236 g/mol. The number of carboxylic acids is 1. The van der Waals surface area contributed by atoms with Crippen molar-refractivity contribution in [2.24, 2.45) is 0 Å². The second-order valence-electron chi connectivity index (χ2n) is 4.01. The maximum absolute atomic E-state index is 9.86. The largest absolute Gasteiger partial charge is 0.478 e. The fourth-order valence-electron chi connectivity index (χ4n) is 1.38. The standard InChI is InChI=1S/C12H10.C5H8O2/c1-3-7-11(8-4-1)12-9-5-2-6-10-12;1-3-4(2)5(6)7/h1-10H;3H,1-2H3,(H,6,7). The normalized spacial score (nSPS) is 10.3. The smallest absolute Gasteiger partial charge is 0.330 e. The number of aliphatic carboxylic acids is 1. The summed E-state index contributed by atoms with van der Waals surface area (Å²) in [5.41, 5.74) is 2.94. The minimum atomic E-state index is -0.845. The van der Waals surface area contributed by atoms with Crippen LogP contribution in [0.4, 0.5) is 0 Å². The number of benzene rings is 2. The Kier molecular flexibility index (Phi) is 6.10. The van der Waals surface area contributed by atoms with E-state index in [4.69, 9.17) is 5.11 Å². The minimum Gasteiger partial charge on any atom is -0.478 e. The van der Waals surface area contributed by atoms with E-state index in [1.54, 1.807) is 19.9 Å². The molecular formula is C17H18O2. The zero-order valence-corrected chi connectivity index (χ0v) is 11.2. The van der Waals surface area contributed by atoms with Crippen LogP contribution in [0.2, 0.25) is 0 Å². The van der Waals surface area contributed by atoms with Gasteiger partial charge in [0.2, 0.25) is 0 Å². The van der Waals surface area contributed by atoms with E-state index >= 15 is 0 Å². The first-order valence-electron chi connectivity index (χ1n) is 6.12. The van der Waals surface area contributed by atoms with Crippen LogP contribution in [0.15, 0.2) is 72.3 Å². The highest BCUT2D eigenvalue weighted by molar-refractivity contribution is 5.85. The van der Waals surface area contributed by atoms with Gasteiger partial charge in [0.05, 0.1) is 0 Å². The lowest BCUT2D eigenvalue weighted by molar-refractivity contribution is -0.132.